The molecule has 0 aromatic carbocycles. The van der Waals surface area contributed by atoms with Crippen LogP contribution < -0.4 is 15.8 Å². The summed E-state index contributed by atoms with van der Waals surface area (Å²) in [5.74, 6) is 1.34. The molecular formula is C15H27N3O. The molecule has 19 heavy (non-hydrogen) atoms. The number of ether oxygens (including phenoxy) is 1. The van der Waals surface area contributed by atoms with E-state index in [2.05, 4.69) is 31.1 Å². The van der Waals surface area contributed by atoms with Gasteiger partial charge in [0.15, 0.2) is 0 Å². The number of pyridine rings is 1. The van der Waals surface area contributed by atoms with E-state index >= 15 is 0 Å². The summed E-state index contributed by atoms with van der Waals surface area (Å²) in [7, 11) is 0. The molecule has 0 atom stereocenters. The first kappa shape index (κ1) is 15.6. The summed E-state index contributed by atoms with van der Waals surface area (Å²) in [5, 5.41) is 3.54. The van der Waals surface area contributed by atoms with Crippen LogP contribution in [-0.4, -0.2) is 16.6 Å². The minimum absolute atomic E-state index is 0.0679. The summed E-state index contributed by atoms with van der Waals surface area (Å²) < 4.78 is 5.62. The number of hydrogen-bond donors (Lipinski definition) is 2. The highest BCUT2D eigenvalue weighted by atomic mass is 16.5. The topological polar surface area (TPSA) is 60.2 Å². The van der Waals surface area contributed by atoms with Crippen LogP contribution in [0.3, 0.4) is 0 Å². The Morgan fingerprint density at radius 2 is 1.79 bits per heavy atom. The molecule has 0 saturated carbocycles. The summed E-state index contributed by atoms with van der Waals surface area (Å²) >= 11 is 0. The Morgan fingerprint density at radius 1 is 1.21 bits per heavy atom. The Balaban J connectivity index is 2.95. The fourth-order valence-electron chi connectivity index (χ4n) is 2.13. The number of anilines is 2. The standard InChI is InChI=1S/C15H27N3O/c1-6-15(7-2,8-3)18-13-10-9-12(16)14(17-13)19-11(4)5/h9-11H,6-8,16H2,1-5H3,(H,17,18). The van der Waals surface area contributed by atoms with Gasteiger partial charge in [-0.05, 0) is 45.2 Å². The van der Waals surface area contributed by atoms with Crippen LogP contribution in [0.2, 0.25) is 0 Å². The van der Waals surface area contributed by atoms with Gasteiger partial charge in [0.05, 0.1) is 11.8 Å². The lowest BCUT2D eigenvalue weighted by Gasteiger charge is -2.32. The Kier molecular flexibility index (Phi) is 5.45. The third-order valence-electron chi connectivity index (χ3n) is 3.66. The predicted molar refractivity (Wildman–Crippen MR) is 81.6 cm³/mol. The van der Waals surface area contributed by atoms with Crippen LogP contribution in [0.1, 0.15) is 53.9 Å². The molecule has 1 aromatic heterocycles. The number of nitrogens with two attached hydrogens (primary N) is 1. The molecule has 0 unspecified atom stereocenters. The highest BCUT2D eigenvalue weighted by Crippen LogP contribution is 2.28. The fourth-order valence-corrected chi connectivity index (χ4v) is 2.13. The number of aromatic nitrogens is 1. The normalized spacial score (nSPS) is 11.7. The Hall–Kier alpha value is -1.45. The lowest BCUT2D eigenvalue weighted by Crippen LogP contribution is -2.36. The van der Waals surface area contributed by atoms with Gasteiger partial charge in [0.1, 0.15) is 5.82 Å². The lowest BCUT2D eigenvalue weighted by atomic mass is 9.90. The monoisotopic (exact) mass is 265 g/mol. The minimum Gasteiger partial charge on any atom is -0.473 e. The van der Waals surface area contributed by atoms with Gasteiger partial charge in [-0.3, -0.25) is 0 Å². The Bertz CT molecular complexity index is 392. The van der Waals surface area contributed by atoms with Crippen molar-refractivity contribution in [2.75, 3.05) is 11.1 Å². The van der Waals surface area contributed by atoms with E-state index in [0.717, 1.165) is 25.1 Å². The van der Waals surface area contributed by atoms with Crippen LogP contribution >= 0.6 is 0 Å². The summed E-state index contributed by atoms with van der Waals surface area (Å²) in [5.41, 5.74) is 6.56. The number of nitrogens with one attached hydrogen (secondary N) is 1. The average Bonchev–Trinajstić information content (AvgIpc) is 2.39. The van der Waals surface area contributed by atoms with Crippen LogP contribution in [0.4, 0.5) is 11.5 Å². The number of rotatable bonds is 7. The van der Waals surface area contributed by atoms with E-state index in [9.17, 15) is 0 Å². The molecule has 1 rings (SSSR count). The first-order chi connectivity index (χ1) is 8.96. The van der Waals surface area contributed by atoms with Crippen molar-refractivity contribution in [1.82, 2.24) is 4.98 Å². The Morgan fingerprint density at radius 3 is 2.26 bits per heavy atom. The number of nitrogens with zero attached hydrogens (tertiary/aromatic N) is 1. The SMILES string of the molecule is CCC(CC)(CC)Nc1ccc(N)c(OC(C)C)n1. The van der Waals surface area contributed by atoms with Crippen molar-refractivity contribution < 1.29 is 4.74 Å². The molecule has 0 aliphatic carbocycles. The lowest BCUT2D eigenvalue weighted by molar-refractivity contribution is 0.234. The molecule has 108 valence electrons. The predicted octanol–water partition coefficient (Wildman–Crippen LogP) is 3.83. The Labute approximate surface area is 116 Å². The summed E-state index contributed by atoms with van der Waals surface area (Å²) in [6, 6.07) is 3.76. The molecule has 0 fully saturated rings. The molecule has 0 saturated heterocycles. The van der Waals surface area contributed by atoms with Crippen molar-refractivity contribution in [3.05, 3.63) is 12.1 Å². The van der Waals surface area contributed by atoms with Crippen LogP contribution in [0, 0.1) is 0 Å². The van der Waals surface area contributed by atoms with Crippen molar-refractivity contribution >= 4 is 11.5 Å². The van der Waals surface area contributed by atoms with Gasteiger partial charge in [-0.25, -0.2) is 0 Å². The van der Waals surface area contributed by atoms with Crippen LogP contribution in [-0.2, 0) is 0 Å². The molecular weight excluding hydrogens is 238 g/mol. The first-order valence-electron chi connectivity index (χ1n) is 7.17. The van der Waals surface area contributed by atoms with Crippen LogP contribution in [0.15, 0.2) is 12.1 Å². The maximum absolute atomic E-state index is 5.88. The molecule has 1 aromatic rings. The maximum atomic E-state index is 5.88. The van der Waals surface area contributed by atoms with Gasteiger partial charge in [-0.15, -0.1) is 0 Å². The first-order valence-corrected chi connectivity index (χ1v) is 7.17. The van der Waals surface area contributed by atoms with E-state index < -0.39 is 0 Å². The van der Waals surface area contributed by atoms with E-state index in [4.69, 9.17) is 10.5 Å². The maximum Gasteiger partial charge on any atom is 0.239 e. The smallest absolute Gasteiger partial charge is 0.239 e. The molecule has 0 aliphatic rings. The van der Waals surface area contributed by atoms with E-state index in [1.54, 1.807) is 0 Å². The van der Waals surface area contributed by atoms with Crippen molar-refractivity contribution in [1.29, 1.82) is 0 Å². The molecule has 0 amide bonds. The van der Waals surface area contributed by atoms with Crippen LogP contribution in [0.25, 0.3) is 0 Å². The van der Waals surface area contributed by atoms with Crippen molar-refractivity contribution in [2.24, 2.45) is 0 Å². The summed E-state index contributed by atoms with van der Waals surface area (Å²) in [4.78, 5) is 4.48. The third-order valence-corrected chi connectivity index (χ3v) is 3.66. The van der Waals surface area contributed by atoms with Gasteiger partial charge < -0.3 is 15.8 Å². The third kappa shape index (κ3) is 4.01. The second-order valence-corrected chi connectivity index (χ2v) is 5.22. The van der Waals surface area contributed by atoms with Crippen molar-refractivity contribution in [2.45, 2.75) is 65.5 Å². The summed E-state index contributed by atoms with van der Waals surface area (Å²) in [6.45, 7) is 10.5. The quantitative estimate of drug-likeness (QED) is 0.786. The number of nitrogen functional groups attached to an aromatic ring is 1. The van der Waals surface area contributed by atoms with Gasteiger partial charge in [-0.2, -0.15) is 4.98 Å². The second-order valence-electron chi connectivity index (χ2n) is 5.22. The largest absolute Gasteiger partial charge is 0.473 e. The average molecular weight is 265 g/mol. The van der Waals surface area contributed by atoms with E-state index in [-0.39, 0.29) is 11.6 Å². The minimum atomic E-state index is 0.0679. The molecule has 1 heterocycles. The fraction of sp³-hybridized carbons (Fsp3) is 0.667. The van der Waals surface area contributed by atoms with E-state index in [1.165, 1.54) is 0 Å². The number of hydrogen-bond acceptors (Lipinski definition) is 4. The highest BCUT2D eigenvalue weighted by molar-refractivity contribution is 5.54. The molecule has 4 nitrogen and oxygen atoms in total. The molecule has 0 spiro atoms. The molecule has 0 bridgehead atoms. The van der Waals surface area contributed by atoms with Gasteiger partial charge >= 0.3 is 0 Å². The van der Waals surface area contributed by atoms with Gasteiger partial charge in [-0.1, -0.05) is 20.8 Å². The van der Waals surface area contributed by atoms with Gasteiger partial charge in [0.25, 0.3) is 0 Å². The van der Waals surface area contributed by atoms with Crippen molar-refractivity contribution in [3.8, 4) is 5.88 Å². The zero-order valence-corrected chi connectivity index (χ0v) is 12.8. The second kappa shape index (κ2) is 6.64. The highest BCUT2D eigenvalue weighted by Gasteiger charge is 2.24. The van der Waals surface area contributed by atoms with E-state index in [0.29, 0.717) is 11.6 Å². The zero-order valence-electron chi connectivity index (χ0n) is 12.8. The van der Waals surface area contributed by atoms with Crippen molar-refractivity contribution in [3.63, 3.8) is 0 Å². The van der Waals surface area contributed by atoms with Gasteiger partial charge in [0.2, 0.25) is 5.88 Å². The van der Waals surface area contributed by atoms with E-state index in [1.807, 2.05) is 26.0 Å². The molecule has 0 aliphatic heterocycles. The molecule has 0 radical (unpaired) electrons. The van der Waals surface area contributed by atoms with Gasteiger partial charge in [0, 0.05) is 5.54 Å². The molecule has 4 heteroatoms. The summed E-state index contributed by atoms with van der Waals surface area (Å²) in [6.07, 6.45) is 3.25. The molecule has 3 N–H and O–H groups in total. The van der Waals surface area contributed by atoms with Crippen LogP contribution in [0.5, 0.6) is 5.88 Å². The zero-order chi connectivity index (χ0) is 14.5.